The number of rotatable bonds is 5. The SMILES string of the molecule is O=C(NCc1csc(-c2cccnc2)n1)C1CC(=O)N(c2ccc(Cl)cc2)C1. The summed E-state index contributed by atoms with van der Waals surface area (Å²) in [6, 6.07) is 10.9. The number of anilines is 1. The van der Waals surface area contributed by atoms with Crippen molar-refractivity contribution in [2.75, 3.05) is 11.4 Å². The van der Waals surface area contributed by atoms with E-state index in [1.807, 2.05) is 17.5 Å². The molecule has 0 radical (unpaired) electrons. The maximum atomic E-state index is 12.5. The lowest BCUT2D eigenvalue weighted by atomic mass is 10.1. The van der Waals surface area contributed by atoms with Gasteiger partial charge in [0.2, 0.25) is 11.8 Å². The van der Waals surface area contributed by atoms with Gasteiger partial charge in [0.1, 0.15) is 5.01 Å². The minimum absolute atomic E-state index is 0.0602. The molecule has 6 nitrogen and oxygen atoms in total. The van der Waals surface area contributed by atoms with Crippen LogP contribution in [0.4, 0.5) is 5.69 Å². The Hall–Kier alpha value is -2.77. The van der Waals surface area contributed by atoms with Gasteiger partial charge in [-0.25, -0.2) is 4.98 Å². The molecule has 1 aliphatic heterocycles. The third kappa shape index (κ3) is 4.05. The van der Waals surface area contributed by atoms with Crippen molar-refractivity contribution < 1.29 is 9.59 Å². The van der Waals surface area contributed by atoms with Crippen molar-refractivity contribution in [3.63, 3.8) is 0 Å². The quantitative estimate of drug-likeness (QED) is 0.695. The minimum Gasteiger partial charge on any atom is -0.350 e. The number of carbonyl (C=O) groups is 2. The second-order valence-corrected chi connectivity index (χ2v) is 7.78. The Balaban J connectivity index is 1.35. The van der Waals surface area contributed by atoms with Crippen LogP contribution in [-0.4, -0.2) is 28.3 Å². The predicted molar refractivity (Wildman–Crippen MR) is 109 cm³/mol. The largest absolute Gasteiger partial charge is 0.350 e. The number of amides is 2. The highest BCUT2D eigenvalue weighted by Gasteiger charge is 2.35. The number of halogens is 1. The summed E-state index contributed by atoms with van der Waals surface area (Å²) >= 11 is 7.41. The molecule has 0 aliphatic carbocycles. The predicted octanol–water partition coefficient (Wildman–Crippen LogP) is 3.53. The number of nitrogens with zero attached hydrogens (tertiary/aromatic N) is 3. The fraction of sp³-hybridized carbons (Fsp3) is 0.200. The molecular weight excluding hydrogens is 396 g/mol. The van der Waals surface area contributed by atoms with Crippen molar-refractivity contribution in [1.82, 2.24) is 15.3 Å². The van der Waals surface area contributed by atoms with Gasteiger partial charge in [-0.05, 0) is 36.4 Å². The summed E-state index contributed by atoms with van der Waals surface area (Å²) in [5.74, 6) is -0.574. The van der Waals surface area contributed by atoms with Crippen LogP contribution in [0.2, 0.25) is 5.02 Å². The summed E-state index contributed by atoms with van der Waals surface area (Å²) in [7, 11) is 0. The molecule has 1 fully saturated rings. The Labute approximate surface area is 171 Å². The van der Waals surface area contributed by atoms with E-state index in [1.54, 1.807) is 41.6 Å². The molecule has 3 heterocycles. The average molecular weight is 413 g/mol. The van der Waals surface area contributed by atoms with E-state index < -0.39 is 0 Å². The second kappa shape index (κ2) is 8.08. The molecule has 142 valence electrons. The number of carbonyl (C=O) groups excluding carboxylic acids is 2. The third-order valence-corrected chi connectivity index (χ3v) is 5.73. The van der Waals surface area contributed by atoms with Gasteiger partial charge in [0.25, 0.3) is 0 Å². The Morgan fingerprint density at radius 3 is 2.86 bits per heavy atom. The van der Waals surface area contributed by atoms with Crippen molar-refractivity contribution in [3.05, 3.63) is 64.9 Å². The van der Waals surface area contributed by atoms with Gasteiger partial charge < -0.3 is 10.2 Å². The fourth-order valence-electron chi connectivity index (χ4n) is 3.09. The molecular formula is C20H17ClN4O2S. The molecule has 2 amide bonds. The number of thiazole rings is 1. The highest BCUT2D eigenvalue weighted by atomic mass is 35.5. The lowest BCUT2D eigenvalue weighted by molar-refractivity contribution is -0.126. The van der Waals surface area contributed by atoms with Crippen LogP contribution in [0.25, 0.3) is 10.6 Å². The highest BCUT2D eigenvalue weighted by Crippen LogP contribution is 2.27. The first-order chi connectivity index (χ1) is 13.6. The summed E-state index contributed by atoms with van der Waals surface area (Å²) in [6.07, 6.45) is 3.68. The zero-order valence-electron chi connectivity index (χ0n) is 14.8. The smallest absolute Gasteiger partial charge is 0.227 e. The van der Waals surface area contributed by atoms with Crippen LogP contribution < -0.4 is 10.2 Å². The van der Waals surface area contributed by atoms with E-state index in [0.29, 0.717) is 18.1 Å². The molecule has 1 unspecified atom stereocenters. The molecule has 1 aromatic carbocycles. The molecule has 1 saturated heterocycles. The van der Waals surface area contributed by atoms with Gasteiger partial charge in [-0.15, -0.1) is 11.3 Å². The summed E-state index contributed by atoms with van der Waals surface area (Å²) < 4.78 is 0. The Bertz CT molecular complexity index is 991. The Kier molecular flexibility index (Phi) is 5.36. The van der Waals surface area contributed by atoms with Crippen LogP contribution in [-0.2, 0) is 16.1 Å². The lowest BCUT2D eigenvalue weighted by Gasteiger charge is -2.16. The van der Waals surface area contributed by atoms with Crippen molar-refractivity contribution in [1.29, 1.82) is 0 Å². The standard InChI is InChI=1S/C20H17ClN4O2S/c21-15-3-5-17(6-4-15)25-11-14(8-18(25)26)19(27)23-10-16-12-28-20(24-16)13-2-1-7-22-9-13/h1-7,9,12,14H,8,10-11H2,(H,23,27). The fourth-order valence-corrected chi connectivity index (χ4v) is 4.02. The number of pyridine rings is 1. The first kappa shape index (κ1) is 18.6. The van der Waals surface area contributed by atoms with Crippen LogP contribution in [0.15, 0.2) is 54.2 Å². The van der Waals surface area contributed by atoms with Crippen LogP contribution >= 0.6 is 22.9 Å². The summed E-state index contributed by atoms with van der Waals surface area (Å²) in [5.41, 5.74) is 2.49. The van der Waals surface area contributed by atoms with Gasteiger partial charge in [0.15, 0.2) is 0 Å². The number of hydrogen-bond donors (Lipinski definition) is 1. The minimum atomic E-state index is -0.375. The summed E-state index contributed by atoms with van der Waals surface area (Å²) in [5, 5.41) is 6.29. The maximum absolute atomic E-state index is 12.5. The molecule has 28 heavy (non-hydrogen) atoms. The van der Waals surface area contributed by atoms with Crippen LogP contribution in [0, 0.1) is 5.92 Å². The van der Waals surface area contributed by atoms with E-state index in [-0.39, 0.29) is 24.2 Å². The van der Waals surface area contributed by atoms with Crippen molar-refractivity contribution in [2.24, 2.45) is 5.92 Å². The molecule has 1 N–H and O–H groups in total. The third-order valence-electron chi connectivity index (χ3n) is 4.54. The molecule has 8 heteroatoms. The highest BCUT2D eigenvalue weighted by molar-refractivity contribution is 7.13. The molecule has 4 rings (SSSR count). The zero-order valence-corrected chi connectivity index (χ0v) is 16.4. The number of benzene rings is 1. The number of aromatic nitrogens is 2. The van der Waals surface area contributed by atoms with Gasteiger partial charge in [-0.2, -0.15) is 0 Å². The van der Waals surface area contributed by atoms with Gasteiger partial charge in [-0.1, -0.05) is 11.6 Å². The molecule has 0 bridgehead atoms. The van der Waals surface area contributed by atoms with Crippen molar-refractivity contribution in [2.45, 2.75) is 13.0 Å². The van der Waals surface area contributed by atoms with E-state index in [4.69, 9.17) is 11.6 Å². The Morgan fingerprint density at radius 2 is 2.11 bits per heavy atom. The molecule has 3 aromatic rings. The summed E-state index contributed by atoms with van der Waals surface area (Å²) in [6.45, 7) is 0.700. The van der Waals surface area contributed by atoms with E-state index >= 15 is 0 Å². The topological polar surface area (TPSA) is 75.2 Å². The van der Waals surface area contributed by atoms with E-state index in [2.05, 4.69) is 15.3 Å². The molecule has 1 atom stereocenters. The van der Waals surface area contributed by atoms with Crippen LogP contribution in [0.3, 0.4) is 0 Å². The van der Waals surface area contributed by atoms with Crippen LogP contribution in [0.5, 0.6) is 0 Å². The van der Waals surface area contributed by atoms with E-state index in [9.17, 15) is 9.59 Å². The van der Waals surface area contributed by atoms with Crippen molar-refractivity contribution >= 4 is 40.4 Å². The first-order valence-corrected chi connectivity index (χ1v) is 10.0. The number of hydrogen-bond acceptors (Lipinski definition) is 5. The first-order valence-electron chi connectivity index (χ1n) is 8.78. The monoisotopic (exact) mass is 412 g/mol. The van der Waals surface area contributed by atoms with E-state index in [0.717, 1.165) is 22.0 Å². The van der Waals surface area contributed by atoms with Gasteiger partial charge >= 0.3 is 0 Å². The average Bonchev–Trinajstić information content (AvgIpc) is 3.34. The zero-order chi connectivity index (χ0) is 19.5. The van der Waals surface area contributed by atoms with Gasteiger partial charge in [-0.3, -0.25) is 14.6 Å². The lowest BCUT2D eigenvalue weighted by Crippen LogP contribution is -2.32. The van der Waals surface area contributed by atoms with Gasteiger partial charge in [0, 0.05) is 47.0 Å². The molecule has 0 saturated carbocycles. The molecule has 0 spiro atoms. The second-order valence-electron chi connectivity index (χ2n) is 6.49. The normalized spacial score (nSPS) is 16.4. The van der Waals surface area contributed by atoms with Crippen molar-refractivity contribution in [3.8, 4) is 10.6 Å². The Morgan fingerprint density at radius 1 is 1.29 bits per heavy atom. The summed E-state index contributed by atoms with van der Waals surface area (Å²) in [4.78, 5) is 35.1. The van der Waals surface area contributed by atoms with E-state index in [1.165, 1.54) is 11.3 Å². The van der Waals surface area contributed by atoms with Crippen LogP contribution in [0.1, 0.15) is 12.1 Å². The molecule has 2 aromatic heterocycles. The maximum Gasteiger partial charge on any atom is 0.227 e. The number of nitrogens with one attached hydrogen (secondary N) is 1. The molecule has 1 aliphatic rings. The van der Waals surface area contributed by atoms with Gasteiger partial charge in [0.05, 0.1) is 18.2 Å².